The quantitative estimate of drug-likeness (QED) is 0.617. The highest BCUT2D eigenvalue weighted by molar-refractivity contribution is 4.97. The lowest BCUT2D eigenvalue weighted by molar-refractivity contribution is 0.588. The Kier molecular flexibility index (Phi) is 5.28. The van der Waals surface area contributed by atoms with Gasteiger partial charge < -0.3 is 10.6 Å². The fourth-order valence-corrected chi connectivity index (χ4v) is 0.680. The maximum Gasteiger partial charge on any atom is 0.0844 e. The molecule has 0 amide bonds. The van der Waals surface area contributed by atoms with Gasteiger partial charge in [0.25, 0.3) is 0 Å². The summed E-state index contributed by atoms with van der Waals surface area (Å²) in [6, 6.07) is 0. The van der Waals surface area contributed by atoms with Crippen molar-refractivity contribution in [1.29, 1.82) is 0 Å². The molecule has 2 nitrogen and oxygen atoms in total. The number of hydrogen-bond donors (Lipinski definition) is 2. The lowest BCUT2D eigenvalue weighted by Gasteiger charge is -2.16. The summed E-state index contributed by atoms with van der Waals surface area (Å²) in [7, 11) is 0. The van der Waals surface area contributed by atoms with E-state index >= 15 is 0 Å². The summed E-state index contributed by atoms with van der Waals surface area (Å²) in [5, 5.41) is 6.40. The van der Waals surface area contributed by atoms with Gasteiger partial charge in [-0.3, -0.25) is 0 Å². The Balaban J connectivity index is 3.57. The molecule has 0 spiro atoms. The van der Waals surface area contributed by atoms with Crippen LogP contribution in [-0.4, -0.2) is 6.67 Å². The van der Waals surface area contributed by atoms with Gasteiger partial charge in [0.1, 0.15) is 0 Å². The maximum absolute atomic E-state index is 3.92. The summed E-state index contributed by atoms with van der Waals surface area (Å²) in [5.74, 6) is 0.961. The Morgan fingerprint density at radius 2 is 1.23 bits per heavy atom. The molecule has 0 aromatic rings. The summed E-state index contributed by atoms with van der Waals surface area (Å²) < 4.78 is 0. The van der Waals surface area contributed by atoms with Gasteiger partial charge in [0, 0.05) is 11.4 Å². The predicted molar refractivity (Wildman–Crippen MR) is 59.1 cm³/mol. The van der Waals surface area contributed by atoms with Gasteiger partial charge >= 0.3 is 0 Å². The molecule has 0 saturated carbocycles. The Morgan fingerprint density at radius 1 is 0.923 bits per heavy atom. The van der Waals surface area contributed by atoms with Crippen LogP contribution in [0.3, 0.4) is 0 Å². The summed E-state index contributed by atoms with van der Waals surface area (Å²) in [5.41, 5.74) is 2.12. The smallest absolute Gasteiger partial charge is 0.0844 e. The number of allylic oxidation sites excluding steroid dienone is 2. The highest BCUT2D eigenvalue weighted by atomic mass is 15.1. The van der Waals surface area contributed by atoms with E-state index in [1.807, 2.05) is 0 Å². The largest absolute Gasteiger partial charge is 0.372 e. The van der Waals surface area contributed by atoms with Crippen molar-refractivity contribution in [2.45, 2.75) is 27.7 Å². The first-order valence-corrected chi connectivity index (χ1v) is 4.80. The van der Waals surface area contributed by atoms with Crippen LogP contribution in [0.15, 0.2) is 24.6 Å². The van der Waals surface area contributed by atoms with E-state index in [0.29, 0.717) is 18.5 Å². The molecule has 0 aliphatic heterocycles. The second kappa shape index (κ2) is 5.68. The molecular weight excluding hydrogens is 160 g/mol. The van der Waals surface area contributed by atoms with Gasteiger partial charge in [-0.15, -0.1) is 0 Å². The van der Waals surface area contributed by atoms with Gasteiger partial charge in [-0.05, 0) is 11.8 Å². The van der Waals surface area contributed by atoms with E-state index in [9.17, 15) is 0 Å². The van der Waals surface area contributed by atoms with E-state index in [-0.39, 0.29) is 0 Å². The lowest BCUT2D eigenvalue weighted by atomic mass is 10.1. The first-order valence-electron chi connectivity index (χ1n) is 4.80. The van der Waals surface area contributed by atoms with Gasteiger partial charge in [0.2, 0.25) is 0 Å². The molecule has 0 atom stereocenters. The first-order chi connectivity index (χ1) is 5.95. The van der Waals surface area contributed by atoms with E-state index in [1.54, 1.807) is 0 Å². The van der Waals surface area contributed by atoms with Crippen molar-refractivity contribution >= 4 is 0 Å². The van der Waals surface area contributed by atoms with Crippen molar-refractivity contribution in [3.63, 3.8) is 0 Å². The maximum atomic E-state index is 3.92. The van der Waals surface area contributed by atoms with Gasteiger partial charge in [-0.1, -0.05) is 40.9 Å². The van der Waals surface area contributed by atoms with Crippen molar-refractivity contribution in [3.05, 3.63) is 24.6 Å². The average molecular weight is 182 g/mol. The minimum atomic E-state index is 0.481. The van der Waals surface area contributed by atoms with Crippen LogP contribution in [0.1, 0.15) is 27.7 Å². The summed E-state index contributed by atoms with van der Waals surface area (Å²) in [6.07, 6.45) is 0. The van der Waals surface area contributed by atoms with Crippen molar-refractivity contribution < 1.29 is 0 Å². The Hall–Kier alpha value is -0.920. The molecule has 0 aliphatic carbocycles. The highest BCUT2D eigenvalue weighted by Gasteiger charge is 2.00. The molecule has 2 heteroatoms. The molecule has 0 unspecified atom stereocenters. The van der Waals surface area contributed by atoms with Crippen molar-refractivity contribution in [3.8, 4) is 0 Å². The van der Waals surface area contributed by atoms with Crippen molar-refractivity contribution in [2.75, 3.05) is 6.67 Å². The molecule has 0 bridgehead atoms. The molecular formula is C11H22N2. The van der Waals surface area contributed by atoms with Crippen molar-refractivity contribution in [2.24, 2.45) is 11.8 Å². The van der Waals surface area contributed by atoms with Crippen LogP contribution in [0, 0.1) is 11.8 Å². The number of nitrogens with one attached hydrogen (secondary N) is 2. The summed E-state index contributed by atoms with van der Waals surface area (Å²) in [4.78, 5) is 0. The number of hydrogen-bond acceptors (Lipinski definition) is 2. The molecule has 0 heterocycles. The Bertz CT molecular complexity index is 161. The van der Waals surface area contributed by atoms with E-state index in [4.69, 9.17) is 0 Å². The number of rotatable bonds is 6. The van der Waals surface area contributed by atoms with Gasteiger partial charge in [0.05, 0.1) is 6.67 Å². The molecule has 0 rings (SSSR count). The van der Waals surface area contributed by atoms with E-state index < -0.39 is 0 Å². The average Bonchev–Trinajstić information content (AvgIpc) is 2.03. The van der Waals surface area contributed by atoms with E-state index in [0.717, 1.165) is 11.4 Å². The van der Waals surface area contributed by atoms with Crippen LogP contribution < -0.4 is 10.6 Å². The van der Waals surface area contributed by atoms with Crippen LogP contribution in [0.4, 0.5) is 0 Å². The third kappa shape index (κ3) is 5.34. The van der Waals surface area contributed by atoms with Gasteiger partial charge in [-0.2, -0.15) is 0 Å². The zero-order valence-corrected chi connectivity index (χ0v) is 9.28. The fourth-order valence-electron chi connectivity index (χ4n) is 0.680. The van der Waals surface area contributed by atoms with Crippen LogP contribution >= 0.6 is 0 Å². The van der Waals surface area contributed by atoms with Crippen LogP contribution in [0.25, 0.3) is 0 Å². The molecule has 76 valence electrons. The first kappa shape index (κ1) is 12.1. The Labute approximate surface area is 82.1 Å². The monoisotopic (exact) mass is 182 g/mol. The topological polar surface area (TPSA) is 24.1 Å². The highest BCUT2D eigenvalue weighted by Crippen LogP contribution is 2.03. The minimum absolute atomic E-state index is 0.481. The normalized spacial score (nSPS) is 10.3. The molecule has 0 radical (unpaired) electrons. The van der Waals surface area contributed by atoms with Crippen LogP contribution in [0.2, 0.25) is 0 Å². The lowest BCUT2D eigenvalue weighted by Crippen LogP contribution is -2.30. The van der Waals surface area contributed by atoms with E-state index in [2.05, 4.69) is 51.5 Å². The third-order valence-corrected chi connectivity index (χ3v) is 2.02. The minimum Gasteiger partial charge on any atom is -0.372 e. The molecule has 0 saturated heterocycles. The molecule has 0 aromatic heterocycles. The zero-order chi connectivity index (χ0) is 10.4. The summed E-state index contributed by atoms with van der Waals surface area (Å²) in [6.45, 7) is 17.0. The summed E-state index contributed by atoms with van der Waals surface area (Å²) >= 11 is 0. The standard InChI is InChI=1S/C11H22N2/c1-8(2)10(5)12-7-13-11(6)9(3)4/h8-9,12-13H,5-7H2,1-4H3. The molecule has 0 aromatic carbocycles. The molecule has 0 fully saturated rings. The SMILES string of the molecule is C=C(NCNC(=C)C(C)C)C(C)C. The van der Waals surface area contributed by atoms with Crippen molar-refractivity contribution in [1.82, 2.24) is 10.6 Å². The zero-order valence-electron chi connectivity index (χ0n) is 9.28. The van der Waals surface area contributed by atoms with E-state index in [1.165, 1.54) is 0 Å². The van der Waals surface area contributed by atoms with Crippen LogP contribution in [0.5, 0.6) is 0 Å². The van der Waals surface area contributed by atoms with Gasteiger partial charge in [0.15, 0.2) is 0 Å². The second-order valence-corrected chi connectivity index (χ2v) is 3.89. The molecule has 0 aliphatic rings. The fraction of sp³-hybridized carbons (Fsp3) is 0.636. The molecule has 2 N–H and O–H groups in total. The third-order valence-electron chi connectivity index (χ3n) is 2.02. The van der Waals surface area contributed by atoms with Gasteiger partial charge in [-0.25, -0.2) is 0 Å². The second-order valence-electron chi connectivity index (χ2n) is 3.89. The van der Waals surface area contributed by atoms with Crippen LogP contribution in [-0.2, 0) is 0 Å². The molecule has 13 heavy (non-hydrogen) atoms. The predicted octanol–water partition coefficient (Wildman–Crippen LogP) is 2.46. The Morgan fingerprint density at radius 3 is 1.46 bits per heavy atom.